The fourth-order valence-corrected chi connectivity index (χ4v) is 4.56. The number of H-pyrrole nitrogens is 1. The SMILES string of the molecule is CC(C)CNC(=O)[C@@H]1Cc2c([nH]c3ccccc23)[C@H]2c3ccccc3C(=O)N21. The molecular formula is C23H23N3O2. The highest BCUT2D eigenvalue weighted by Gasteiger charge is 2.48. The molecule has 2 atom stereocenters. The van der Waals surface area contributed by atoms with Gasteiger partial charge < -0.3 is 15.2 Å². The summed E-state index contributed by atoms with van der Waals surface area (Å²) in [5.74, 6) is 0.226. The van der Waals surface area contributed by atoms with E-state index in [1.807, 2.05) is 36.4 Å². The highest BCUT2D eigenvalue weighted by Crippen LogP contribution is 2.46. The molecule has 142 valence electrons. The van der Waals surface area contributed by atoms with Crippen molar-refractivity contribution >= 4 is 22.7 Å². The third kappa shape index (κ3) is 2.39. The van der Waals surface area contributed by atoms with Crippen LogP contribution < -0.4 is 5.32 Å². The lowest BCUT2D eigenvalue weighted by Crippen LogP contribution is -2.52. The van der Waals surface area contributed by atoms with Crippen molar-refractivity contribution in [1.82, 2.24) is 15.2 Å². The molecule has 3 heterocycles. The van der Waals surface area contributed by atoms with Gasteiger partial charge in [0.15, 0.2) is 0 Å². The average Bonchev–Trinajstić information content (AvgIpc) is 3.22. The largest absolute Gasteiger partial charge is 0.356 e. The van der Waals surface area contributed by atoms with Crippen molar-refractivity contribution < 1.29 is 9.59 Å². The molecule has 0 saturated carbocycles. The van der Waals surface area contributed by atoms with Gasteiger partial charge in [-0.15, -0.1) is 0 Å². The van der Waals surface area contributed by atoms with E-state index in [-0.39, 0.29) is 17.9 Å². The van der Waals surface area contributed by atoms with Gasteiger partial charge in [0.05, 0.1) is 6.04 Å². The van der Waals surface area contributed by atoms with Crippen LogP contribution in [0.5, 0.6) is 0 Å². The Labute approximate surface area is 163 Å². The van der Waals surface area contributed by atoms with E-state index in [1.54, 1.807) is 4.90 Å². The van der Waals surface area contributed by atoms with Crippen molar-refractivity contribution in [3.05, 3.63) is 70.9 Å². The lowest BCUT2D eigenvalue weighted by Gasteiger charge is -2.37. The predicted octanol–water partition coefficient (Wildman–Crippen LogP) is 3.41. The summed E-state index contributed by atoms with van der Waals surface area (Å²) >= 11 is 0. The Morgan fingerprint density at radius 3 is 2.75 bits per heavy atom. The smallest absolute Gasteiger partial charge is 0.255 e. The first kappa shape index (κ1) is 17.0. The maximum atomic E-state index is 13.2. The van der Waals surface area contributed by atoms with E-state index in [0.29, 0.717) is 24.4 Å². The molecular weight excluding hydrogens is 350 g/mol. The van der Waals surface area contributed by atoms with Gasteiger partial charge in [0.1, 0.15) is 6.04 Å². The molecule has 0 aliphatic carbocycles. The zero-order valence-electron chi connectivity index (χ0n) is 16.0. The number of fused-ring (bicyclic) bond motifs is 7. The minimum absolute atomic E-state index is 0.0606. The fourth-order valence-electron chi connectivity index (χ4n) is 4.56. The van der Waals surface area contributed by atoms with Gasteiger partial charge in [0.25, 0.3) is 5.91 Å². The number of hydrogen-bond acceptors (Lipinski definition) is 2. The number of hydrogen-bond donors (Lipinski definition) is 2. The average molecular weight is 373 g/mol. The zero-order chi connectivity index (χ0) is 19.4. The van der Waals surface area contributed by atoms with Gasteiger partial charge in [0, 0.05) is 35.1 Å². The van der Waals surface area contributed by atoms with E-state index in [9.17, 15) is 9.59 Å². The van der Waals surface area contributed by atoms with Crippen LogP contribution in [-0.2, 0) is 11.2 Å². The minimum Gasteiger partial charge on any atom is -0.356 e. The summed E-state index contributed by atoms with van der Waals surface area (Å²) in [6, 6.07) is 15.1. The van der Waals surface area contributed by atoms with Gasteiger partial charge >= 0.3 is 0 Å². The molecule has 5 heteroatoms. The van der Waals surface area contributed by atoms with Crippen LogP contribution in [0.2, 0.25) is 0 Å². The number of nitrogens with one attached hydrogen (secondary N) is 2. The topological polar surface area (TPSA) is 65.2 Å². The Hall–Kier alpha value is -3.08. The predicted molar refractivity (Wildman–Crippen MR) is 108 cm³/mol. The van der Waals surface area contributed by atoms with Gasteiger partial charge in [-0.25, -0.2) is 0 Å². The summed E-state index contributed by atoms with van der Waals surface area (Å²) in [5.41, 5.74) is 4.90. The number of rotatable bonds is 3. The van der Waals surface area contributed by atoms with Crippen LogP contribution in [0.25, 0.3) is 10.9 Å². The summed E-state index contributed by atoms with van der Waals surface area (Å²) in [6.07, 6.45) is 0.527. The van der Waals surface area contributed by atoms with Crippen LogP contribution in [0, 0.1) is 5.92 Å². The summed E-state index contributed by atoms with van der Waals surface area (Å²) in [5, 5.41) is 4.17. The van der Waals surface area contributed by atoms with E-state index >= 15 is 0 Å². The lowest BCUT2D eigenvalue weighted by molar-refractivity contribution is -0.126. The Kier molecular flexibility index (Phi) is 3.79. The first-order valence-electron chi connectivity index (χ1n) is 9.85. The molecule has 2 N–H and O–H groups in total. The highest BCUT2D eigenvalue weighted by atomic mass is 16.2. The van der Waals surface area contributed by atoms with Gasteiger partial charge in [-0.05, 0) is 29.2 Å². The number of carbonyl (C=O) groups excluding carboxylic acids is 2. The van der Waals surface area contributed by atoms with Crippen LogP contribution in [-0.4, -0.2) is 34.3 Å². The molecule has 2 amide bonds. The molecule has 5 nitrogen and oxygen atoms in total. The van der Waals surface area contributed by atoms with Gasteiger partial charge in [-0.2, -0.15) is 0 Å². The quantitative estimate of drug-likeness (QED) is 0.739. The van der Waals surface area contributed by atoms with E-state index in [1.165, 1.54) is 0 Å². The zero-order valence-corrected chi connectivity index (χ0v) is 16.0. The summed E-state index contributed by atoms with van der Waals surface area (Å²) in [7, 11) is 0. The van der Waals surface area contributed by atoms with Crippen molar-refractivity contribution in [3.8, 4) is 0 Å². The van der Waals surface area contributed by atoms with Crippen molar-refractivity contribution in [1.29, 1.82) is 0 Å². The molecule has 28 heavy (non-hydrogen) atoms. The Morgan fingerprint density at radius 2 is 1.93 bits per heavy atom. The maximum Gasteiger partial charge on any atom is 0.255 e. The molecule has 0 radical (unpaired) electrons. The molecule has 0 saturated heterocycles. The second-order valence-corrected chi connectivity index (χ2v) is 8.12. The first-order chi connectivity index (χ1) is 13.6. The Balaban J connectivity index is 1.67. The molecule has 5 rings (SSSR count). The minimum atomic E-state index is -0.504. The summed E-state index contributed by atoms with van der Waals surface area (Å²) < 4.78 is 0. The molecule has 3 aromatic rings. The molecule has 1 aromatic heterocycles. The Bertz CT molecular complexity index is 1100. The fraction of sp³-hybridized carbons (Fsp3) is 0.304. The molecule has 0 bridgehead atoms. The van der Waals surface area contributed by atoms with E-state index in [0.717, 1.165) is 27.7 Å². The van der Waals surface area contributed by atoms with Crippen LogP contribution in [0.3, 0.4) is 0 Å². The number of aromatic amines is 1. The van der Waals surface area contributed by atoms with Crippen LogP contribution in [0.4, 0.5) is 0 Å². The van der Waals surface area contributed by atoms with E-state index in [2.05, 4.69) is 36.3 Å². The van der Waals surface area contributed by atoms with Crippen molar-refractivity contribution in [3.63, 3.8) is 0 Å². The Morgan fingerprint density at radius 1 is 1.18 bits per heavy atom. The monoisotopic (exact) mass is 373 g/mol. The standard InChI is InChI=1S/C23H23N3O2/c1-13(2)12-24-22(27)19-11-17-14-7-5-6-10-18(14)25-20(17)21-15-8-3-4-9-16(15)23(28)26(19)21/h3-10,13,19,21,25H,11-12H2,1-2H3,(H,24,27)/t19-,21+/m0/s1. The number of nitrogens with zero attached hydrogens (tertiary/aromatic N) is 1. The summed E-state index contributed by atoms with van der Waals surface area (Å²) in [4.78, 5) is 31.6. The number of amides is 2. The number of para-hydroxylation sites is 1. The van der Waals surface area contributed by atoms with Crippen molar-refractivity contribution in [2.24, 2.45) is 5.92 Å². The summed E-state index contributed by atoms with van der Waals surface area (Å²) in [6.45, 7) is 4.74. The molecule has 2 aromatic carbocycles. The second kappa shape index (κ2) is 6.23. The molecule has 0 unspecified atom stereocenters. The molecule has 0 fully saturated rings. The molecule has 2 aliphatic heterocycles. The third-order valence-corrected chi connectivity index (χ3v) is 5.84. The van der Waals surface area contributed by atoms with Gasteiger partial charge in [-0.3, -0.25) is 9.59 Å². The first-order valence-corrected chi connectivity index (χ1v) is 9.85. The lowest BCUT2D eigenvalue weighted by atomic mass is 9.90. The number of aromatic nitrogens is 1. The van der Waals surface area contributed by atoms with Crippen LogP contribution in [0.1, 0.15) is 47.1 Å². The van der Waals surface area contributed by atoms with E-state index in [4.69, 9.17) is 0 Å². The van der Waals surface area contributed by atoms with Crippen LogP contribution >= 0.6 is 0 Å². The van der Waals surface area contributed by atoms with Crippen molar-refractivity contribution in [2.45, 2.75) is 32.4 Å². The number of carbonyl (C=O) groups is 2. The maximum absolute atomic E-state index is 13.2. The number of benzene rings is 2. The van der Waals surface area contributed by atoms with Gasteiger partial charge in [-0.1, -0.05) is 50.2 Å². The van der Waals surface area contributed by atoms with E-state index < -0.39 is 6.04 Å². The highest BCUT2D eigenvalue weighted by molar-refractivity contribution is 6.03. The third-order valence-electron chi connectivity index (χ3n) is 5.84. The second-order valence-electron chi connectivity index (χ2n) is 8.12. The normalized spacial score (nSPS) is 20.2. The van der Waals surface area contributed by atoms with Crippen molar-refractivity contribution in [2.75, 3.05) is 6.54 Å². The van der Waals surface area contributed by atoms with Crippen LogP contribution in [0.15, 0.2) is 48.5 Å². The molecule has 2 aliphatic rings. The molecule has 0 spiro atoms. The van der Waals surface area contributed by atoms with Gasteiger partial charge in [0.2, 0.25) is 5.91 Å².